The van der Waals surface area contributed by atoms with Crippen molar-refractivity contribution in [2.45, 2.75) is 13.3 Å². The Morgan fingerprint density at radius 3 is 2.75 bits per heavy atom. The van der Waals surface area contributed by atoms with E-state index in [1.54, 1.807) is 24.9 Å². The van der Waals surface area contributed by atoms with Crippen LogP contribution in [0, 0.1) is 12.8 Å². The Balaban J connectivity index is 2.26. The van der Waals surface area contributed by atoms with Gasteiger partial charge in [0.25, 0.3) is 0 Å². The van der Waals surface area contributed by atoms with Crippen LogP contribution in [0.2, 0.25) is 0 Å². The van der Waals surface area contributed by atoms with Crippen molar-refractivity contribution in [3.05, 3.63) is 11.9 Å². The summed E-state index contributed by atoms with van der Waals surface area (Å²) >= 11 is 0. The summed E-state index contributed by atoms with van der Waals surface area (Å²) in [6.45, 7) is 2.04. The Morgan fingerprint density at radius 2 is 2.31 bits per heavy atom. The quantitative estimate of drug-likeness (QED) is 0.775. The van der Waals surface area contributed by atoms with Crippen molar-refractivity contribution in [2.24, 2.45) is 13.0 Å². The van der Waals surface area contributed by atoms with Crippen molar-refractivity contribution >= 4 is 17.6 Å². The Kier molecular flexibility index (Phi) is 2.41. The Hall–Kier alpha value is -1.85. The maximum absolute atomic E-state index is 11.7. The van der Waals surface area contributed by atoms with Crippen LogP contribution in [0.15, 0.2) is 6.20 Å². The molecule has 1 saturated heterocycles. The van der Waals surface area contributed by atoms with Crippen LogP contribution in [0.5, 0.6) is 0 Å². The second-order valence-corrected chi connectivity index (χ2v) is 4.02. The molecule has 0 radical (unpaired) electrons. The van der Waals surface area contributed by atoms with Crippen LogP contribution in [-0.2, 0) is 16.6 Å². The first-order valence-electron chi connectivity index (χ1n) is 5.02. The van der Waals surface area contributed by atoms with E-state index in [2.05, 4.69) is 5.10 Å². The van der Waals surface area contributed by atoms with Gasteiger partial charge in [-0.3, -0.25) is 14.3 Å². The minimum absolute atomic E-state index is 0.0731. The molecule has 0 bridgehead atoms. The molecule has 1 unspecified atom stereocenters. The molecular weight excluding hydrogens is 210 g/mol. The number of rotatable bonds is 2. The van der Waals surface area contributed by atoms with E-state index in [1.165, 1.54) is 4.90 Å². The third-order valence-corrected chi connectivity index (χ3v) is 2.75. The highest BCUT2D eigenvalue weighted by molar-refractivity contribution is 5.99. The van der Waals surface area contributed by atoms with E-state index in [0.29, 0.717) is 5.69 Å². The molecule has 1 aliphatic rings. The van der Waals surface area contributed by atoms with Crippen molar-refractivity contribution in [1.29, 1.82) is 0 Å². The van der Waals surface area contributed by atoms with Gasteiger partial charge in [-0.05, 0) is 6.92 Å². The first-order chi connectivity index (χ1) is 7.49. The van der Waals surface area contributed by atoms with Gasteiger partial charge in [0.05, 0.1) is 17.3 Å². The van der Waals surface area contributed by atoms with Crippen molar-refractivity contribution in [3.8, 4) is 0 Å². The summed E-state index contributed by atoms with van der Waals surface area (Å²) in [5.41, 5.74) is 1.44. The lowest BCUT2D eigenvalue weighted by molar-refractivity contribution is -0.141. The summed E-state index contributed by atoms with van der Waals surface area (Å²) in [4.78, 5) is 24.0. The lowest BCUT2D eigenvalue weighted by Crippen LogP contribution is -2.26. The largest absolute Gasteiger partial charge is 0.481 e. The van der Waals surface area contributed by atoms with Crippen molar-refractivity contribution in [2.75, 3.05) is 11.4 Å². The fourth-order valence-electron chi connectivity index (χ4n) is 1.96. The fraction of sp³-hybridized carbons (Fsp3) is 0.500. The number of aryl methyl sites for hydroxylation is 2. The van der Waals surface area contributed by atoms with E-state index in [9.17, 15) is 9.59 Å². The van der Waals surface area contributed by atoms with Gasteiger partial charge in [0, 0.05) is 26.2 Å². The minimum atomic E-state index is -0.919. The number of aliphatic carboxylic acids is 1. The van der Waals surface area contributed by atoms with Gasteiger partial charge in [-0.2, -0.15) is 5.10 Å². The first kappa shape index (κ1) is 10.7. The van der Waals surface area contributed by atoms with Gasteiger partial charge >= 0.3 is 5.97 Å². The van der Waals surface area contributed by atoms with Crippen LogP contribution >= 0.6 is 0 Å². The number of hydrogen-bond acceptors (Lipinski definition) is 3. The predicted octanol–water partition coefficient (Wildman–Crippen LogP) is 0.166. The van der Waals surface area contributed by atoms with Crippen molar-refractivity contribution < 1.29 is 14.7 Å². The SMILES string of the molecule is Cc1nn(C)cc1N1CC(C(=O)O)CC1=O. The summed E-state index contributed by atoms with van der Waals surface area (Å²) in [5.74, 6) is -1.67. The molecule has 0 aromatic carbocycles. The van der Waals surface area contributed by atoms with E-state index >= 15 is 0 Å². The molecule has 1 aromatic heterocycles. The smallest absolute Gasteiger partial charge is 0.308 e. The number of nitrogens with zero attached hydrogens (tertiary/aromatic N) is 3. The zero-order valence-corrected chi connectivity index (χ0v) is 9.17. The molecule has 1 N–H and O–H groups in total. The van der Waals surface area contributed by atoms with Gasteiger partial charge in [-0.25, -0.2) is 0 Å². The molecule has 2 rings (SSSR count). The molecular formula is C10H13N3O3. The van der Waals surface area contributed by atoms with Gasteiger partial charge < -0.3 is 10.0 Å². The monoisotopic (exact) mass is 223 g/mol. The molecule has 1 aromatic rings. The number of carboxylic acid groups (broad SMARTS) is 1. The molecule has 6 heteroatoms. The topological polar surface area (TPSA) is 75.4 Å². The van der Waals surface area contributed by atoms with Gasteiger partial charge in [-0.1, -0.05) is 0 Å². The summed E-state index contributed by atoms with van der Waals surface area (Å²) in [7, 11) is 1.77. The normalized spacial score (nSPS) is 20.5. The lowest BCUT2D eigenvalue weighted by atomic mass is 10.1. The molecule has 86 valence electrons. The average molecular weight is 223 g/mol. The Labute approximate surface area is 92.5 Å². The molecule has 0 saturated carbocycles. The third-order valence-electron chi connectivity index (χ3n) is 2.75. The Bertz CT molecular complexity index is 452. The van der Waals surface area contributed by atoms with E-state index < -0.39 is 11.9 Å². The van der Waals surface area contributed by atoms with Gasteiger partial charge in [0.15, 0.2) is 0 Å². The molecule has 0 aliphatic carbocycles. The highest BCUT2D eigenvalue weighted by Crippen LogP contribution is 2.27. The summed E-state index contributed by atoms with van der Waals surface area (Å²) < 4.78 is 1.62. The second kappa shape index (κ2) is 3.62. The molecule has 1 atom stereocenters. The van der Waals surface area contributed by atoms with Gasteiger partial charge in [0.2, 0.25) is 5.91 Å². The maximum Gasteiger partial charge on any atom is 0.308 e. The van der Waals surface area contributed by atoms with Gasteiger partial charge in [0.1, 0.15) is 0 Å². The number of amides is 1. The predicted molar refractivity (Wildman–Crippen MR) is 56.0 cm³/mol. The molecule has 16 heavy (non-hydrogen) atoms. The highest BCUT2D eigenvalue weighted by atomic mass is 16.4. The van der Waals surface area contributed by atoms with E-state index in [-0.39, 0.29) is 18.9 Å². The summed E-state index contributed by atoms with van der Waals surface area (Å²) in [5, 5.41) is 13.0. The number of carbonyl (C=O) groups is 2. The van der Waals surface area contributed by atoms with Crippen LogP contribution in [0.3, 0.4) is 0 Å². The lowest BCUT2D eigenvalue weighted by Gasteiger charge is -2.14. The van der Waals surface area contributed by atoms with Crippen LogP contribution in [0.25, 0.3) is 0 Å². The average Bonchev–Trinajstić information content (AvgIpc) is 2.69. The Morgan fingerprint density at radius 1 is 1.62 bits per heavy atom. The summed E-state index contributed by atoms with van der Waals surface area (Å²) in [6, 6.07) is 0. The molecule has 1 amide bonds. The molecule has 1 fully saturated rings. The maximum atomic E-state index is 11.7. The van der Waals surface area contributed by atoms with E-state index in [0.717, 1.165) is 5.69 Å². The van der Waals surface area contributed by atoms with Crippen molar-refractivity contribution in [3.63, 3.8) is 0 Å². The van der Waals surface area contributed by atoms with Crippen LogP contribution in [0.1, 0.15) is 12.1 Å². The molecule has 2 heterocycles. The second-order valence-electron chi connectivity index (χ2n) is 4.02. The number of hydrogen-bond donors (Lipinski definition) is 1. The molecule has 1 aliphatic heterocycles. The number of carboxylic acids is 1. The molecule has 6 nitrogen and oxygen atoms in total. The van der Waals surface area contributed by atoms with Crippen LogP contribution in [0.4, 0.5) is 5.69 Å². The van der Waals surface area contributed by atoms with Crippen LogP contribution < -0.4 is 4.90 Å². The minimum Gasteiger partial charge on any atom is -0.481 e. The van der Waals surface area contributed by atoms with E-state index in [4.69, 9.17) is 5.11 Å². The van der Waals surface area contributed by atoms with Gasteiger partial charge in [-0.15, -0.1) is 0 Å². The van der Waals surface area contributed by atoms with E-state index in [1.807, 2.05) is 0 Å². The zero-order chi connectivity index (χ0) is 11.9. The van der Waals surface area contributed by atoms with Crippen molar-refractivity contribution in [1.82, 2.24) is 9.78 Å². The number of carbonyl (C=O) groups excluding carboxylic acids is 1. The third kappa shape index (κ3) is 1.66. The number of aromatic nitrogens is 2. The fourth-order valence-corrected chi connectivity index (χ4v) is 1.96. The number of anilines is 1. The summed E-state index contributed by atoms with van der Waals surface area (Å²) in [6.07, 6.45) is 1.81. The molecule has 0 spiro atoms. The van der Waals surface area contributed by atoms with Crippen LogP contribution in [-0.4, -0.2) is 33.3 Å². The first-order valence-corrected chi connectivity index (χ1v) is 5.02. The highest BCUT2D eigenvalue weighted by Gasteiger charge is 2.36. The standard InChI is InChI=1S/C10H13N3O3/c1-6-8(5-12(2)11-6)13-4-7(10(15)16)3-9(13)14/h5,7H,3-4H2,1-2H3,(H,15,16). The zero-order valence-electron chi connectivity index (χ0n) is 9.17.